The van der Waals surface area contributed by atoms with Crippen molar-refractivity contribution >= 4 is 17.8 Å². The lowest BCUT2D eigenvalue weighted by Gasteiger charge is -2.26. The number of esters is 2. The molecule has 3 unspecified atom stereocenters. The van der Waals surface area contributed by atoms with E-state index in [0.29, 0.717) is 19.6 Å². The topological polar surface area (TPSA) is 84.9 Å². The summed E-state index contributed by atoms with van der Waals surface area (Å²) < 4.78 is 11.7. The van der Waals surface area contributed by atoms with Crippen LogP contribution in [0.25, 0.3) is 0 Å². The lowest BCUT2D eigenvalue weighted by Crippen LogP contribution is -2.43. The van der Waals surface area contributed by atoms with Crippen molar-refractivity contribution in [2.45, 2.75) is 196 Å². The molecular weight excluding hydrogens is 612 g/mol. The predicted octanol–water partition coefficient (Wildman–Crippen LogP) is 10.8. The summed E-state index contributed by atoms with van der Waals surface area (Å²) >= 11 is 0. The number of ether oxygens (including phenoxy) is 2. The molecule has 290 valence electrons. The van der Waals surface area contributed by atoms with Crippen LogP contribution in [-0.4, -0.2) is 62.1 Å². The number of hydrogen-bond donors (Lipinski definition) is 1. The summed E-state index contributed by atoms with van der Waals surface area (Å²) in [6, 6.07) is 0. The zero-order valence-corrected chi connectivity index (χ0v) is 33.4. The second-order valence-corrected chi connectivity index (χ2v) is 14.6. The first-order valence-electron chi connectivity index (χ1n) is 21.2. The van der Waals surface area contributed by atoms with Gasteiger partial charge in [0, 0.05) is 12.5 Å². The number of nitrogens with zero attached hydrogens (tertiary/aromatic N) is 1. The Morgan fingerprint density at radius 3 is 1.18 bits per heavy atom. The smallest absolute Gasteiger partial charge is 0.308 e. The summed E-state index contributed by atoms with van der Waals surface area (Å²) in [6.07, 6.45) is 27.2. The largest absolute Gasteiger partial charge is 0.464 e. The molecule has 0 heterocycles. The third kappa shape index (κ3) is 26.8. The van der Waals surface area contributed by atoms with Crippen molar-refractivity contribution in [3.05, 3.63) is 0 Å². The molecule has 0 aliphatic carbocycles. The summed E-state index contributed by atoms with van der Waals surface area (Å²) in [5.41, 5.74) is 0. The molecule has 1 amide bonds. The van der Waals surface area contributed by atoms with E-state index in [0.717, 1.165) is 70.8 Å². The highest BCUT2D eigenvalue weighted by atomic mass is 16.5. The van der Waals surface area contributed by atoms with Crippen LogP contribution in [0.3, 0.4) is 0 Å². The SMILES string of the molecule is CCCCCCCCC(CCCCCC)C(=O)OCCN(CCOC(=O)C(CCCCCC)CCCCCCCC)C(=O)C(C)CNCC. The van der Waals surface area contributed by atoms with Gasteiger partial charge in [0.2, 0.25) is 5.91 Å². The maximum atomic E-state index is 13.5. The molecule has 0 spiro atoms. The molecule has 0 aromatic heterocycles. The van der Waals surface area contributed by atoms with Crippen molar-refractivity contribution in [2.75, 3.05) is 39.4 Å². The lowest BCUT2D eigenvalue weighted by atomic mass is 9.94. The monoisotopic (exact) mass is 695 g/mol. The number of amides is 1. The Kier molecular flexibility index (Phi) is 33.6. The van der Waals surface area contributed by atoms with Crippen LogP contribution < -0.4 is 5.32 Å². The summed E-state index contributed by atoms with van der Waals surface area (Å²) in [6.45, 7) is 15.2. The van der Waals surface area contributed by atoms with Crippen molar-refractivity contribution in [3.63, 3.8) is 0 Å². The molecule has 0 aliphatic heterocycles. The highest BCUT2D eigenvalue weighted by molar-refractivity contribution is 5.79. The van der Waals surface area contributed by atoms with Crippen LogP contribution in [0.2, 0.25) is 0 Å². The van der Waals surface area contributed by atoms with E-state index in [2.05, 4.69) is 33.0 Å². The number of unbranched alkanes of at least 4 members (excludes halogenated alkanes) is 16. The third-order valence-electron chi connectivity index (χ3n) is 9.94. The average Bonchev–Trinajstić information content (AvgIpc) is 3.10. The number of rotatable bonds is 36. The Hall–Kier alpha value is -1.63. The fourth-order valence-corrected chi connectivity index (χ4v) is 6.58. The van der Waals surface area contributed by atoms with E-state index in [9.17, 15) is 14.4 Å². The quantitative estimate of drug-likeness (QED) is 0.0519. The van der Waals surface area contributed by atoms with Crippen LogP contribution in [0, 0.1) is 17.8 Å². The average molecular weight is 695 g/mol. The number of carbonyl (C=O) groups excluding carboxylic acids is 3. The van der Waals surface area contributed by atoms with Crippen LogP contribution >= 0.6 is 0 Å². The van der Waals surface area contributed by atoms with Gasteiger partial charge >= 0.3 is 11.9 Å². The minimum atomic E-state index is -0.218. The molecule has 0 aromatic rings. The molecule has 49 heavy (non-hydrogen) atoms. The van der Waals surface area contributed by atoms with Crippen LogP contribution in [0.15, 0.2) is 0 Å². The summed E-state index contributed by atoms with van der Waals surface area (Å²) in [4.78, 5) is 41.7. The van der Waals surface area contributed by atoms with Gasteiger partial charge in [0.05, 0.1) is 24.9 Å². The van der Waals surface area contributed by atoms with E-state index in [1.54, 1.807) is 4.90 Å². The molecule has 0 saturated carbocycles. The fourth-order valence-electron chi connectivity index (χ4n) is 6.58. The number of nitrogens with one attached hydrogen (secondary N) is 1. The fraction of sp³-hybridized carbons (Fsp3) is 0.929. The van der Waals surface area contributed by atoms with Gasteiger partial charge in [-0.1, -0.05) is 170 Å². The Morgan fingerprint density at radius 2 is 0.837 bits per heavy atom. The van der Waals surface area contributed by atoms with E-state index in [1.807, 2.05) is 13.8 Å². The van der Waals surface area contributed by atoms with Gasteiger partial charge in [-0.15, -0.1) is 0 Å². The van der Waals surface area contributed by atoms with E-state index >= 15 is 0 Å². The van der Waals surface area contributed by atoms with Crippen molar-refractivity contribution in [2.24, 2.45) is 17.8 Å². The van der Waals surface area contributed by atoms with Gasteiger partial charge < -0.3 is 19.7 Å². The maximum absolute atomic E-state index is 13.5. The van der Waals surface area contributed by atoms with Gasteiger partial charge in [0.1, 0.15) is 13.2 Å². The molecule has 0 aliphatic rings. The molecule has 7 nitrogen and oxygen atoms in total. The highest BCUT2D eigenvalue weighted by Crippen LogP contribution is 2.22. The third-order valence-corrected chi connectivity index (χ3v) is 9.94. The molecule has 0 rings (SSSR count). The predicted molar refractivity (Wildman–Crippen MR) is 207 cm³/mol. The molecule has 0 bridgehead atoms. The van der Waals surface area contributed by atoms with Gasteiger partial charge in [-0.25, -0.2) is 0 Å². The van der Waals surface area contributed by atoms with Gasteiger partial charge in [0.25, 0.3) is 0 Å². The second-order valence-electron chi connectivity index (χ2n) is 14.6. The van der Waals surface area contributed by atoms with E-state index in [-0.39, 0.29) is 48.8 Å². The lowest BCUT2D eigenvalue weighted by molar-refractivity contribution is -0.153. The van der Waals surface area contributed by atoms with E-state index in [4.69, 9.17) is 9.47 Å². The van der Waals surface area contributed by atoms with Gasteiger partial charge in [-0.2, -0.15) is 0 Å². The van der Waals surface area contributed by atoms with Crippen LogP contribution in [0.4, 0.5) is 0 Å². The first-order chi connectivity index (χ1) is 23.9. The molecule has 0 aromatic carbocycles. The Bertz CT molecular complexity index is 726. The Labute approximate surface area is 304 Å². The van der Waals surface area contributed by atoms with E-state index < -0.39 is 0 Å². The summed E-state index contributed by atoms with van der Waals surface area (Å²) in [7, 11) is 0. The molecule has 0 saturated heterocycles. The standard InChI is InChI=1S/C42H82N2O5/c1-7-12-16-20-22-26-30-38(28-24-18-14-9-3)41(46)48-34-32-44(40(45)37(6)36-43-11-5)33-35-49-42(47)39(29-25-19-15-10-4)31-27-23-21-17-13-8-2/h37-39,43H,7-36H2,1-6H3. The van der Waals surface area contributed by atoms with Crippen LogP contribution in [0.1, 0.15) is 196 Å². The highest BCUT2D eigenvalue weighted by Gasteiger charge is 2.24. The zero-order valence-electron chi connectivity index (χ0n) is 33.4. The van der Waals surface area contributed by atoms with Crippen LogP contribution in [0.5, 0.6) is 0 Å². The Balaban J connectivity index is 5.22. The van der Waals surface area contributed by atoms with Gasteiger partial charge in [-0.3, -0.25) is 14.4 Å². The van der Waals surface area contributed by atoms with Crippen molar-refractivity contribution in [1.82, 2.24) is 10.2 Å². The van der Waals surface area contributed by atoms with Crippen molar-refractivity contribution < 1.29 is 23.9 Å². The summed E-state index contributed by atoms with van der Waals surface area (Å²) in [5.74, 6) is -0.595. The molecule has 3 atom stereocenters. The minimum Gasteiger partial charge on any atom is -0.464 e. The second kappa shape index (κ2) is 34.8. The maximum Gasteiger partial charge on any atom is 0.308 e. The first-order valence-corrected chi connectivity index (χ1v) is 21.2. The van der Waals surface area contributed by atoms with Crippen molar-refractivity contribution in [1.29, 1.82) is 0 Å². The molecule has 0 fully saturated rings. The van der Waals surface area contributed by atoms with E-state index in [1.165, 1.54) is 89.9 Å². The Morgan fingerprint density at radius 1 is 0.510 bits per heavy atom. The van der Waals surface area contributed by atoms with Crippen LogP contribution in [-0.2, 0) is 23.9 Å². The molecular formula is C42H82N2O5. The van der Waals surface area contributed by atoms with Gasteiger partial charge in [-0.05, 0) is 32.2 Å². The number of hydrogen-bond acceptors (Lipinski definition) is 6. The molecule has 0 radical (unpaired) electrons. The molecule has 1 N–H and O–H groups in total. The first kappa shape index (κ1) is 47.4. The molecule has 7 heteroatoms. The zero-order chi connectivity index (χ0) is 36.4. The normalized spacial score (nSPS) is 13.2. The number of carbonyl (C=O) groups is 3. The van der Waals surface area contributed by atoms with Gasteiger partial charge in [0.15, 0.2) is 0 Å². The van der Waals surface area contributed by atoms with Crippen molar-refractivity contribution in [3.8, 4) is 0 Å². The minimum absolute atomic E-state index is 0.000521. The summed E-state index contributed by atoms with van der Waals surface area (Å²) in [5, 5.41) is 3.27.